The van der Waals surface area contributed by atoms with Crippen molar-refractivity contribution in [2.75, 3.05) is 5.32 Å². The minimum atomic E-state index is 0.587. The number of pyridine rings is 1. The quantitative estimate of drug-likeness (QED) is 0.766. The molecular weight excluding hydrogens is 228 g/mol. The maximum absolute atomic E-state index is 5.48. The van der Waals surface area contributed by atoms with E-state index >= 15 is 0 Å². The fraction of sp³-hybridized carbons (Fsp3) is 0.231. The summed E-state index contributed by atoms with van der Waals surface area (Å²) in [4.78, 5) is 4.43. The summed E-state index contributed by atoms with van der Waals surface area (Å²) in [7, 11) is 0. The summed E-state index contributed by atoms with van der Waals surface area (Å²) in [5, 5.41) is 7.50. The zero-order chi connectivity index (χ0) is 12.5. The average Bonchev–Trinajstić information content (AvgIpc) is 2.93. The molecule has 5 nitrogen and oxygen atoms in total. The summed E-state index contributed by atoms with van der Waals surface area (Å²) < 4.78 is 7.25. The zero-order valence-corrected chi connectivity index (χ0v) is 10.3. The first-order chi connectivity index (χ1) is 8.72. The van der Waals surface area contributed by atoms with Gasteiger partial charge in [0, 0.05) is 6.20 Å². The van der Waals surface area contributed by atoms with Crippen molar-refractivity contribution in [3.63, 3.8) is 0 Å². The Labute approximate surface area is 104 Å². The van der Waals surface area contributed by atoms with Gasteiger partial charge in [0.1, 0.15) is 11.5 Å². The van der Waals surface area contributed by atoms with Crippen LogP contribution in [0.25, 0.3) is 5.65 Å². The van der Waals surface area contributed by atoms with Crippen LogP contribution in [0.5, 0.6) is 0 Å². The van der Waals surface area contributed by atoms with E-state index in [-0.39, 0.29) is 0 Å². The summed E-state index contributed by atoms with van der Waals surface area (Å²) in [6.45, 7) is 4.53. The molecule has 1 N–H and O–H groups in total. The minimum absolute atomic E-state index is 0.587. The highest BCUT2D eigenvalue weighted by atomic mass is 16.3. The second-order valence-corrected chi connectivity index (χ2v) is 4.26. The van der Waals surface area contributed by atoms with Crippen LogP contribution >= 0.6 is 0 Å². The van der Waals surface area contributed by atoms with Crippen LogP contribution in [0.1, 0.15) is 17.1 Å². The van der Waals surface area contributed by atoms with Crippen molar-refractivity contribution in [3.05, 3.63) is 47.5 Å². The van der Waals surface area contributed by atoms with Gasteiger partial charge >= 0.3 is 0 Å². The molecule has 0 radical (unpaired) electrons. The lowest BCUT2D eigenvalue weighted by molar-refractivity contribution is 0.490. The molecule has 0 aromatic carbocycles. The number of aromatic nitrogens is 3. The largest absolute Gasteiger partial charge is 0.465 e. The first-order valence-corrected chi connectivity index (χ1v) is 5.83. The molecule has 0 unspecified atom stereocenters. The molecule has 0 spiro atoms. The number of hydrogen-bond donors (Lipinski definition) is 1. The predicted octanol–water partition coefficient (Wildman–Crippen LogP) is 2.55. The third kappa shape index (κ3) is 1.95. The van der Waals surface area contributed by atoms with E-state index in [4.69, 9.17) is 4.42 Å². The summed E-state index contributed by atoms with van der Waals surface area (Å²) in [5.74, 6) is 2.40. The lowest BCUT2D eigenvalue weighted by atomic mass is 10.3. The van der Waals surface area contributed by atoms with Gasteiger partial charge in [0.25, 0.3) is 0 Å². The van der Waals surface area contributed by atoms with E-state index in [2.05, 4.69) is 15.4 Å². The van der Waals surface area contributed by atoms with E-state index in [9.17, 15) is 0 Å². The van der Waals surface area contributed by atoms with Crippen molar-refractivity contribution in [3.8, 4) is 0 Å². The van der Waals surface area contributed by atoms with Crippen LogP contribution in [0.15, 0.2) is 34.9 Å². The second kappa shape index (κ2) is 4.18. The first-order valence-electron chi connectivity index (χ1n) is 5.83. The number of furan rings is 1. The molecule has 3 aromatic rings. The molecule has 0 bridgehead atoms. The molecule has 0 aliphatic rings. The van der Waals surface area contributed by atoms with Crippen LogP contribution < -0.4 is 5.32 Å². The van der Waals surface area contributed by atoms with Crippen LogP contribution in [0.4, 0.5) is 5.95 Å². The lowest BCUT2D eigenvalue weighted by Gasteiger charge is -1.97. The number of hydrogen-bond acceptors (Lipinski definition) is 4. The average molecular weight is 242 g/mol. The van der Waals surface area contributed by atoms with E-state index in [1.54, 1.807) is 4.52 Å². The highest BCUT2D eigenvalue weighted by Crippen LogP contribution is 2.12. The molecule has 0 amide bonds. The van der Waals surface area contributed by atoms with Gasteiger partial charge in [-0.3, -0.25) is 0 Å². The van der Waals surface area contributed by atoms with E-state index in [1.165, 1.54) is 0 Å². The smallest absolute Gasteiger partial charge is 0.243 e. The van der Waals surface area contributed by atoms with Crippen molar-refractivity contribution < 1.29 is 4.42 Å². The molecule has 3 heterocycles. The number of aryl methyl sites for hydroxylation is 2. The van der Waals surface area contributed by atoms with Crippen molar-refractivity contribution in [2.24, 2.45) is 0 Å². The number of nitrogens with zero attached hydrogens (tertiary/aromatic N) is 3. The summed E-state index contributed by atoms with van der Waals surface area (Å²) in [6.07, 6.45) is 1.89. The molecule has 18 heavy (non-hydrogen) atoms. The highest BCUT2D eigenvalue weighted by molar-refractivity contribution is 5.49. The van der Waals surface area contributed by atoms with Crippen molar-refractivity contribution in [1.29, 1.82) is 0 Å². The SMILES string of the molecule is Cc1ccc(CNc2nc3c(C)cccn3n2)o1. The zero-order valence-electron chi connectivity index (χ0n) is 10.3. The number of nitrogens with one attached hydrogen (secondary N) is 1. The minimum Gasteiger partial charge on any atom is -0.465 e. The van der Waals surface area contributed by atoms with Crippen LogP contribution in [0.2, 0.25) is 0 Å². The molecule has 0 saturated carbocycles. The Morgan fingerprint density at radius 2 is 2.17 bits per heavy atom. The highest BCUT2D eigenvalue weighted by Gasteiger charge is 2.05. The van der Waals surface area contributed by atoms with E-state index in [0.29, 0.717) is 12.5 Å². The van der Waals surface area contributed by atoms with E-state index in [1.807, 2.05) is 44.3 Å². The van der Waals surface area contributed by atoms with Crippen LogP contribution in [-0.4, -0.2) is 14.6 Å². The maximum Gasteiger partial charge on any atom is 0.243 e. The van der Waals surface area contributed by atoms with Gasteiger partial charge in [-0.2, -0.15) is 4.98 Å². The van der Waals surface area contributed by atoms with Gasteiger partial charge in [0.05, 0.1) is 6.54 Å². The Balaban J connectivity index is 1.81. The van der Waals surface area contributed by atoms with Crippen LogP contribution in [0, 0.1) is 13.8 Å². The van der Waals surface area contributed by atoms with Crippen LogP contribution in [0.3, 0.4) is 0 Å². The Hall–Kier alpha value is -2.30. The molecule has 3 rings (SSSR count). The van der Waals surface area contributed by atoms with Gasteiger partial charge in [-0.15, -0.1) is 5.10 Å². The van der Waals surface area contributed by atoms with Crippen molar-refractivity contribution >= 4 is 11.6 Å². The Bertz CT molecular complexity index is 683. The van der Waals surface area contributed by atoms with Gasteiger partial charge in [0.2, 0.25) is 5.95 Å². The van der Waals surface area contributed by atoms with Gasteiger partial charge in [-0.25, -0.2) is 4.52 Å². The lowest BCUT2D eigenvalue weighted by Crippen LogP contribution is -2.00. The van der Waals surface area contributed by atoms with Crippen LogP contribution in [-0.2, 0) is 6.54 Å². The second-order valence-electron chi connectivity index (χ2n) is 4.26. The fourth-order valence-electron chi connectivity index (χ4n) is 1.86. The Morgan fingerprint density at radius 3 is 2.89 bits per heavy atom. The van der Waals surface area contributed by atoms with Gasteiger partial charge in [-0.05, 0) is 37.6 Å². The van der Waals surface area contributed by atoms with E-state index < -0.39 is 0 Å². The summed E-state index contributed by atoms with van der Waals surface area (Å²) in [6, 6.07) is 7.86. The standard InChI is InChI=1S/C13H14N4O/c1-9-4-3-7-17-12(9)15-13(16-17)14-8-11-6-5-10(2)18-11/h3-7H,8H2,1-2H3,(H,14,16). The molecule has 92 valence electrons. The van der Waals surface area contributed by atoms with E-state index in [0.717, 1.165) is 22.7 Å². The molecule has 0 aliphatic carbocycles. The predicted molar refractivity (Wildman–Crippen MR) is 68.5 cm³/mol. The monoisotopic (exact) mass is 242 g/mol. The van der Waals surface area contributed by atoms with Gasteiger partial charge in [0.15, 0.2) is 5.65 Å². The summed E-state index contributed by atoms with van der Waals surface area (Å²) in [5.41, 5.74) is 1.97. The third-order valence-corrected chi connectivity index (χ3v) is 2.77. The topological polar surface area (TPSA) is 55.4 Å². The fourth-order valence-corrected chi connectivity index (χ4v) is 1.86. The Morgan fingerprint density at radius 1 is 1.28 bits per heavy atom. The molecule has 0 saturated heterocycles. The maximum atomic E-state index is 5.48. The molecule has 5 heteroatoms. The molecule has 0 aliphatic heterocycles. The first kappa shape index (κ1) is 10.8. The molecular formula is C13H14N4O. The van der Waals surface area contributed by atoms with Crippen molar-refractivity contribution in [2.45, 2.75) is 20.4 Å². The molecule has 0 atom stereocenters. The third-order valence-electron chi connectivity index (χ3n) is 2.77. The Kier molecular flexibility index (Phi) is 2.51. The number of anilines is 1. The number of rotatable bonds is 3. The van der Waals surface area contributed by atoms with Crippen molar-refractivity contribution in [1.82, 2.24) is 14.6 Å². The number of fused-ring (bicyclic) bond motifs is 1. The van der Waals surface area contributed by atoms with Gasteiger partial charge < -0.3 is 9.73 Å². The molecule has 0 fully saturated rings. The normalized spacial score (nSPS) is 11.0. The molecule has 3 aromatic heterocycles. The van der Waals surface area contributed by atoms with Gasteiger partial charge in [-0.1, -0.05) is 6.07 Å². The summed E-state index contributed by atoms with van der Waals surface area (Å²) >= 11 is 0.